The molecule has 0 bridgehead atoms. The summed E-state index contributed by atoms with van der Waals surface area (Å²) in [5.74, 6) is -0.242. The summed E-state index contributed by atoms with van der Waals surface area (Å²) in [5.41, 5.74) is 2.29. The highest BCUT2D eigenvalue weighted by atomic mass is 79.9. The summed E-state index contributed by atoms with van der Waals surface area (Å²) in [5, 5.41) is 13.0. The first-order valence-corrected chi connectivity index (χ1v) is 9.21. The van der Waals surface area contributed by atoms with Gasteiger partial charge in [0.2, 0.25) is 0 Å². The lowest BCUT2D eigenvalue weighted by Crippen LogP contribution is -2.44. The highest BCUT2D eigenvalue weighted by Gasteiger charge is 2.35. The normalized spacial score (nSPS) is 16.4. The molecule has 1 aliphatic rings. The number of benzene rings is 2. The fraction of sp³-hybridized carbons (Fsp3) is 0.350. The number of aromatic hydroxyl groups is 1. The summed E-state index contributed by atoms with van der Waals surface area (Å²) in [6.45, 7) is 3.77. The van der Waals surface area contributed by atoms with Crippen LogP contribution in [0, 0.1) is 6.92 Å². The third-order valence-corrected chi connectivity index (χ3v) is 5.36. The molecule has 0 aromatic heterocycles. The van der Waals surface area contributed by atoms with Crippen molar-refractivity contribution in [3.05, 3.63) is 63.6 Å². The predicted molar refractivity (Wildman–Crippen MR) is 101 cm³/mol. The topological polar surface area (TPSA) is 58.6 Å². The Morgan fingerprint density at radius 2 is 2.00 bits per heavy atom. The molecule has 1 saturated heterocycles. The van der Waals surface area contributed by atoms with Crippen molar-refractivity contribution >= 4 is 21.8 Å². The van der Waals surface area contributed by atoms with Gasteiger partial charge in [-0.1, -0.05) is 39.7 Å². The quantitative estimate of drug-likeness (QED) is 0.812. The van der Waals surface area contributed by atoms with E-state index < -0.39 is 0 Å². The third-order valence-electron chi connectivity index (χ3n) is 4.87. The number of ether oxygens (including phenoxy) is 1. The molecule has 0 saturated carbocycles. The first-order valence-electron chi connectivity index (χ1n) is 8.42. The van der Waals surface area contributed by atoms with E-state index in [2.05, 4.69) is 33.4 Å². The number of hydrogen-bond donors (Lipinski definition) is 2. The Morgan fingerprint density at radius 3 is 2.72 bits per heavy atom. The van der Waals surface area contributed by atoms with E-state index in [-0.39, 0.29) is 17.1 Å². The van der Waals surface area contributed by atoms with Gasteiger partial charge in [0, 0.05) is 29.6 Å². The predicted octanol–water partition coefficient (Wildman–Crippen LogP) is 3.94. The molecule has 1 amide bonds. The smallest absolute Gasteiger partial charge is 0.255 e. The molecule has 2 aromatic rings. The molecule has 0 unspecified atom stereocenters. The standard InChI is InChI=1S/C20H22BrNO3/c1-14-5-6-18(23)17(11-14)19(24)22-13-20(7-9-25-10-8-20)15-3-2-4-16(21)12-15/h2-6,11-12,23H,7-10,13H2,1H3,(H,22,24). The molecule has 25 heavy (non-hydrogen) atoms. The van der Waals surface area contributed by atoms with Crippen LogP contribution in [-0.4, -0.2) is 30.8 Å². The van der Waals surface area contributed by atoms with Gasteiger partial charge in [-0.15, -0.1) is 0 Å². The average Bonchev–Trinajstić information content (AvgIpc) is 2.62. The van der Waals surface area contributed by atoms with Crippen LogP contribution in [0.2, 0.25) is 0 Å². The molecule has 3 rings (SSSR count). The number of phenols is 1. The van der Waals surface area contributed by atoms with E-state index in [9.17, 15) is 9.90 Å². The monoisotopic (exact) mass is 403 g/mol. The maximum absolute atomic E-state index is 12.6. The van der Waals surface area contributed by atoms with Crippen molar-refractivity contribution < 1.29 is 14.6 Å². The largest absolute Gasteiger partial charge is 0.507 e. The number of amides is 1. The second kappa shape index (κ2) is 7.58. The maximum atomic E-state index is 12.6. The second-order valence-corrected chi connectivity index (χ2v) is 7.52. The number of carbonyl (C=O) groups is 1. The summed E-state index contributed by atoms with van der Waals surface area (Å²) < 4.78 is 6.56. The van der Waals surface area contributed by atoms with Crippen molar-refractivity contribution in [2.24, 2.45) is 0 Å². The molecule has 0 radical (unpaired) electrons. The average molecular weight is 404 g/mol. The number of nitrogens with one attached hydrogen (secondary N) is 1. The van der Waals surface area contributed by atoms with Crippen LogP contribution < -0.4 is 5.32 Å². The molecule has 0 spiro atoms. The summed E-state index contributed by atoms with van der Waals surface area (Å²) >= 11 is 3.54. The van der Waals surface area contributed by atoms with Gasteiger partial charge < -0.3 is 15.2 Å². The fourth-order valence-corrected chi connectivity index (χ4v) is 3.72. The molecule has 5 heteroatoms. The number of aryl methyl sites for hydroxylation is 1. The van der Waals surface area contributed by atoms with Gasteiger partial charge in [0.1, 0.15) is 5.75 Å². The molecule has 2 aromatic carbocycles. The van der Waals surface area contributed by atoms with Crippen molar-refractivity contribution in [2.75, 3.05) is 19.8 Å². The molecule has 1 fully saturated rings. The van der Waals surface area contributed by atoms with Crippen LogP contribution >= 0.6 is 15.9 Å². The Bertz CT molecular complexity index is 769. The number of rotatable bonds is 4. The molecule has 4 nitrogen and oxygen atoms in total. The Morgan fingerprint density at radius 1 is 1.24 bits per heavy atom. The van der Waals surface area contributed by atoms with Crippen LogP contribution in [0.1, 0.15) is 34.3 Å². The van der Waals surface area contributed by atoms with Gasteiger partial charge in [-0.25, -0.2) is 0 Å². The molecular formula is C20H22BrNO3. The van der Waals surface area contributed by atoms with Crippen molar-refractivity contribution in [1.82, 2.24) is 5.32 Å². The van der Waals surface area contributed by atoms with E-state index >= 15 is 0 Å². The molecule has 1 aliphatic heterocycles. The molecular weight excluding hydrogens is 382 g/mol. The third kappa shape index (κ3) is 4.05. The number of phenolic OH excluding ortho intramolecular Hbond substituents is 1. The van der Waals surface area contributed by atoms with Gasteiger partial charge >= 0.3 is 0 Å². The zero-order valence-corrected chi connectivity index (χ0v) is 15.8. The second-order valence-electron chi connectivity index (χ2n) is 6.61. The zero-order chi connectivity index (χ0) is 17.9. The Labute approximate surface area is 156 Å². The summed E-state index contributed by atoms with van der Waals surface area (Å²) in [6.07, 6.45) is 1.70. The molecule has 2 N–H and O–H groups in total. The Hall–Kier alpha value is -1.85. The van der Waals surface area contributed by atoms with E-state index in [1.54, 1.807) is 18.2 Å². The minimum Gasteiger partial charge on any atom is -0.507 e. The van der Waals surface area contributed by atoms with Crippen LogP contribution in [0.4, 0.5) is 0 Å². The lowest BCUT2D eigenvalue weighted by molar-refractivity contribution is 0.0486. The van der Waals surface area contributed by atoms with Gasteiger partial charge in [-0.2, -0.15) is 0 Å². The number of halogens is 1. The fourth-order valence-electron chi connectivity index (χ4n) is 3.32. The van der Waals surface area contributed by atoms with Crippen molar-refractivity contribution in [2.45, 2.75) is 25.2 Å². The maximum Gasteiger partial charge on any atom is 0.255 e. The van der Waals surface area contributed by atoms with E-state index in [4.69, 9.17) is 4.74 Å². The van der Waals surface area contributed by atoms with Crippen LogP contribution in [0.5, 0.6) is 5.75 Å². The minimum absolute atomic E-state index is 0.00610. The molecule has 1 heterocycles. The Kier molecular flexibility index (Phi) is 5.45. The lowest BCUT2D eigenvalue weighted by atomic mass is 9.74. The van der Waals surface area contributed by atoms with Gasteiger partial charge in [0.05, 0.1) is 5.56 Å². The van der Waals surface area contributed by atoms with Crippen LogP contribution in [0.25, 0.3) is 0 Å². The van der Waals surface area contributed by atoms with E-state index in [0.29, 0.717) is 25.3 Å². The number of hydrogen-bond acceptors (Lipinski definition) is 3. The SMILES string of the molecule is Cc1ccc(O)c(C(=O)NCC2(c3cccc(Br)c3)CCOCC2)c1. The van der Waals surface area contributed by atoms with Gasteiger partial charge in [-0.05, 0) is 49.6 Å². The van der Waals surface area contributed by atoms with Gasteiger partial charge in [-0.3, -0.25) is 4.79 Å². The molecule has 132 valence electrons. The van der Waals surface area contributed by atoms with Crippen molar-refractivity contribution in [3.63, 3.8) is 0 Å². The van der Waals surface area contributed by atoms with E-state index in [1.165, 1.54) is 5.56 Å². The van der Waals surface area contributed by atoms with Crippen molar-refractivity contribution in [3.8, 4) is 5.75 Å². The Balaban J connectivity index is 1.82. The summed E-state index contributed by atoms with van der Waals surface area (Å²) in [6, 6.07) is 13.3. The van der Waals surface area contributed by atoms with Gasteiger partial charge in [0.25, 0.3) is 5.91 Å². The van der Waals surface area contributed by atoms with Crippen LogP contribution in [0.3, 0.4) is 0 Å². The van der Waals surface area contributed by atoms with Crippen molar-refractivity contribution in [1.29, 1.82) is 0 Å². The van der Waals surface area contributed by atoms with E-state index in [0.717, 1.165) is 22.9 Å². The van der Waals surface area contributed by atoms with E-state index in [1.807, 2.05) is 19.1 Å². The minimum atomic E-state index is -0.248. The zero-order valence-electron chi connectivity index (χ0n) is 14.2. The lowest BCUT2D eigenvalue weighted by Gasteiger charge is -2.38. The van der Waals surface area contributed by atoms with Gasteiger partial charge in [0.15, 0.2) is 0 Å². The highest BCUT2D eigenvalue weighted by Crippen LogP contribution is 2.35. The highest BCUT2D eigenvalue weighted by molar-refractivity contribution is 9.10. The number of carbonyl (C=O) groups excluding carboxylic acids is 1. The summed E-state index contributed by atoms with van der Waals surface area (Å²) in [7, 11) is 0. The first-order chi connectivity index (χ1) is 12.0. The summed E-state index contributed by atoms with van der Waals surface area (Å²) in [4.78, 5) is 12.6. The van der Waals surface area contributed by atoms with Crippen LogP contribution in [0.15, 0.2) is 46.9 Å². The molecule has 0 atom stereocenters. The van der Waals surface area contributed by atoms with Crippen LogP contribution in [-0.2, 0) is 10.2 Å². The molecule has 0 aliphatic carbocycles. The first kappa shape index (κ1) is 18.0.